The molecule has 1 aliphatic rings. The molecular weight excluding hydrogens is 438 g/mol. The number of methoxy groups -OCH3 is 2. The number of amides is 1. The number of phenolic OH excluding ortho intramolecular Hbond substituents is 1. The molecule has 1 aliphatic heterocycles. The zero-order valence-electron chi connectivity index (χ0n) is 13.9. The zero-order chi connectivity index (χ0) is 18.8. The number of para-hydroxylation sites is 2. The highest BCUT2D eigenvalue weighted by molar-refractivity contribution is 9.10. The summed E-state index contributed by atoms with van der Waals surface area (Å²) in [7, 11) is 3.01. The Balaban J connectivity index is 2.01. The maximum atomic E-state index is 12.9. The van der Waals surface area contributed by atoms with E-state index in [1.165, 1.54) is 29.8 Å². The van der Waals surface area contributed by atoms with E-state index in [4.69, 9.17) is 21.7 Å². The van der Waals surface area contributed by atoms with Gasteiger partial charge in [0.05, 0.1) is 24.8 Å². The number of nitrogens with zero attached hydrogens (tertiary/aromatic N) is 1. The van der Waals surface area contributed by atoms with Crippen molar-refractivity contribution in [1.29, 1.82) is 0 Å². The molecular formula is C18H14BrNO4S2. The van der Waals surface area contributed by atoms with E-state index in [-0.39, 0.29) is 11.7 Å². The molecule has 3 rings (SSSR count). The number of aromatic hydroxyl groups is 1. The molecule has 8 heteroatoms. The molecule has 26 heavy (non-hydrogen) atoms. The number of halogens is 1. The molecule has 1 amide bonds. The number of ether oxygens (including phenoxy) is 2. The van der Waals surface area contributed by atoms with Crippen molar-refractivity contribution in [3.05, 3.63) is 51.3 Å². The molecule has 1 heterocycles. The van der Waals surface area contributed by atoms with Crippen LogP contribution in [0.15, 0.2) is 45.8 Å². The Bertz CT molecular complexity index is 929. The topological polar surface area (TPSA) is 59.0 Å². The maximum absolute atomic E-state index is 12.9. The fourth-order valence-corrected chi connectivity index (χ4v) is 4.19. The lowest BCUT2D eigenvalue weighted by Crippen LogP contribution is -2.27. The summed E-state index contributed by atoms with van der Waals surface area (Å²) >= 11 is 9.99. The summed E-state index contributed by atoms with van der Waals surface area (Å²) in [4.78, 5) is 14.8. The second-order valence-electron chi connectivity index (χ2n) is 5.23. The normalized spacial score (nSPS) is 15.7. The molecule has 134 valence electrons. The Morgan fingerprint density at radius 1 is 1.19 bits per heavy atom. The molecule has 0 aromatic heterocycles. The van der Waals surface area contributed by atoms with Crippen LogP contribution in [-0.2, 0) is 4.79 Å². The maximum Gasteiger partial charge on any atom is 0.270 e. The number of rotatable bonds is 4. The number of carbonyl (C=O) groups excluding carboxylic acids is 1. The highest BCUT2D eigenvalue weighted by atomic mass is 79.9. The van der Waals surface area contributed by atoms with E-state index in [0.29, 0.717) is 36.4 Å². The van der Waals surface area contributed by atoms with Crippen molar-refractivity contribution in [1.82, 2.24) is 0 Å². The van der Waals surface area contributed by atoms with Crippen molar-refractivity contribution in [3.8, 4) is 17.2 Å². The molecule has 1 fully saturated rings. The number of thiocarbonyl (C=S) groups is 1. The summed E-state index contributed by atoms with van der Waals surface area (Å²) in [6.45, 7) is 0. The Kier molecular flexibility index (Phi) is 5.55. The van der Waals surface area contributed by atoms with Gasteiger partial charge in [0, 0.05) is 4.47 Å². The fraction of sp³-hybridized carbons (Fsp3) is 0.111. The van der Waals surface area contributed by atoms with Crippen LogP contribution in [0.2, 0.25) is 0 Å². The second-order valence-corrected chi connectivity index (χ2v) is 7.76. The van der Waals surface area contributed by atoms with E-state index >= 15 is 0 Å². The molecule has 0 spiro atoms. The zero-order valence-corrected chi connectivity index (χ0v) is 17.1. The Morgan fingerprint density at radius 3 is 2.58 bits per heavy atom. The quantitative estimate of drug-likeness (QED) is 0.542. The van der Waals surface area contributed by atoms with Gasteiger partial charge in [0.15, 0.2) is 15.8 Å². The number of hydrogen-bond donors (Lipinski definition) is 1. The molecule has 2 aromatic carbocycles. The van der Waals surface area contributed by atoms with E-state index < -0.39 is 0 Å². The SMILES string of the molecule is COc1cc(/C=C2\SC(=S)N(c3ccccc3OC)C2=O)c(Br)cc1O. The van der Waals surface area contributed by atoms with Crippen molar-refractivity contribution < 1.29 is 19.4 Å². The van der Waals surface area contributed by atoms with Gasteiger partial charge in [-0.2, -0.15) is 0 Å². The number of benzene rings is 2. The predicted octanol–water partition coefficient (Wildman–Crippen LogP) is 4.58. The standard InChI is InChI=1S/C18H14BrNO4S2/c1-23-14-6-4-3-5-12(14)20-17(22)16(26-18(20)25)8-10-7-15(24-2)13(21)9-11(10)19/h3-9,21H,1-2H3/b16-8-. The average molecular weight is 452 g/mol. The summed E-state index contributed by atoms with van der Waals surface area (Å²) in [6.07, 6.45) is 1.71. The first kappa shape index (κ1) is 18.8. The van der Waals surface area contributed by atoms with Crippen molar-refractivity contribution >= 4 is 61.9 Å². The van der Waals surface area contributed by atoms with Crippen LogP contribution in [0.5, 0.6) is 17.2 Å². The first-order valence-corrected chi connectivity index (χ1v) is 9.45. The van der Waals surface area contributed by atoms with Crippen LogP contribution >= 0.6 is 39.9 Å². The minimum atomic E-state index is -0.233. The van der Waals surface area contributed by atoms with Crippen LogP contribution in [0.25, 0.3) is 6.08 Å². The molecule has 0 radical (unpaired) electrons. The number of phenols is 1. The molecule has 1 N–H and O–H groups in total. The lowest BCUT2D eigenvalue weighted by atomic mass is 10.1. The third-order valence-corrected chi connectivity index (χ3v) is 5.69. The van der Waals surface area contributed by atoms with Gasteiger partial charge in [-0.3, -0.25) is 9.69 Å². The largest absolute Gasteiger partial charge is 0.504 e. The van der Waals surface area contributed by atoms with Crippen molar-refractivity contribution in [2.24, 2.45) is 0 Å². The molecule has 0 unspecified atom stereocenters. The molecule has 0 bridgehead atoms. The third kappa shape index (κ3) is 3.44. The summed E-state index contributed by atoms with van der Waals surface area (Å²) < 4.78 is 11.5. The predicted molar refractivity (Wildman–Crippen MR) is 111 cm³/mol. The second kappa shape index (κ2) is 7.69. The molecule has 1 saturated heterocycles. The number of thioether (sulfide) groups is 1. The van der Waals surface area contributed by atoms with Gasteiger partial charge in [-0.1, -0.05) is 52.0 Å². The molecule has 2 aromatic rings. The number of hydrogen-bond acceptors (Lipinski definition) is 6. The molecule has 0 aliphatic carbocycles. The highest BCUT2D eigenvalue weighted by Gasteiger charge is 2.35. The summed E-state index contributed by atoms with van der Waals surface area (Å²) in [5.41, 5.74) is 1.29. The number of anilines is 1. The minimum Gasteiger partial charge on any atom is -0.504 e. The van der Waals surface area contributed by atoms with Crippen LogP contribution in [0.4, 0.5) is 5.69 Å². The van der Waals surface area contributed by atoms with E-state index in [1.54, 1.807) is 31.4 Å². The Morgan fingerprint density at radius 2 is 1.88 bits per heavy atom. The van der Waals surface area contributed by atoms with E-state index in [2.05, 4.69) is 15.9 Å². The molecule has 0 atom stereocenters. The van der Waals surface area contributed by atoms with Gasteiger partial charge in [-0.15, -0.1) is 0 Å². The van der Waals surface area contributed by atoms with Gasteiger partial charge >= 0.3 is 0 Å². The molecule has 5 nitrogen and oxygen atoms in total. The van der Waals surface area contributed by atoms with Crippen LogP contribution < -0.4 is 14.4 Å². The summed E-state index contributed by atoms with van der Waals surface area (Å²) in [6, 6.07) is 10.4. The van der Waals surface area contributed by atoms with Crippen molar-refractivity contribution in [2.45, 2.75) is 0 Å². The third-order valence-electron chi connectivity index (χ3n) is 3.70. The van der Waals surface area contributed by atoms with Crippen LogP contribution in [0.3, 0.4) is 0 Å². The summed E-state index contributed by atoms with van der Waals surface area (Å²) in [5.74, 6) is 0.665. The van der Waals surface area contributed by atoms with E-state index in [1.807, 2.05) is 12.1 Å². The van der Waals surface area contributed by atoms with E-state index in [9.17, 15) is 9.90 Å². The van der Waals surface area contributed by atoms with Crippen LogP contribution in [0, 0.1) is 0 Å². The van der Waals surface area contributed by atoms with Gasteiger partial charge < -0.3 is 14.6 Å². The highest BCUT2D eigenvalue weighted by Crippen LogP contribution is 2.41. The Labute approximate surface area is 168 Å². The first-order valence-electron chi connectivity index (χ1n) is 7.43. The van der Waals surface area contributed by atoms with Gasteiger partial charge in [0.25, 0.3) is 5.91 Å². The lowest BCUT2D eigenvalue weighted by Gasteiger charge is -2.17. The van der Waals surface area contributed by atoms with Gasteiger partial charge in [-0.05, 0) is 35.9 Å². The smallest absolute Gasteiger partial charge is 0.270 e. The first-order chi connectivity index (χ1) is 12.5. The Hall–Kier alpha value is -2.03. The van der Waals surface area contributed by atoms with Gasteiger partial charge in [-0.25, -0.2) is 0 Å². The monoisotopic (exact) mass is 451 g/mol. The minimum absolute atomic E-state index is 0.0121. The van der Waals surface area contributed by atoms with Gasteiger partial charge in [0.1, 0.15) is 5.75 Å². The summed E-state index contributed by atoms with van der Waals surface area (Å²) in [5, 5.41) is 9.83. The van der Waals surface area contributed by atoms with Crippen molar-refractivity contribution in [3.63, 3.8) is 0 Å². The van der Waals surface area contributed by atoms with Crippen LogP contribution in [0.1, 0.15) is 5.56 Å². The van der Waals surface area contributed by atoms with Crippen molar-refractivity contribution in [2.75, 3.05) is 19.1 Å². The fourth-order valence-electron chi connectivity index (χ4n) is 2.46. The average Bonchev–Trinajstić information content (AvgIpc) is 2.90. The molecule has 0 saturated carbocycles. The number of carbonyl (C=O) groups is 1. The van der Waals surface area contributed by atoms with E-state index in [0.717, 1.165) is 0 Å². The van der Waals surface area contributed by atoms with Gasteiger partial charge in [0.2, 0.25) is 0 Å². The van der Waals surface area contributed by atoms with Crippen LogP contribution in [-0.4, -0.2) is 29.6 Å². The lowest BCUT2D eigenvalue weighted by molar-refractivity contribution is -0.113.